The molecule has 2 heterocycles. The van der Waals surface area contributed by atoms with Crippen LogP contribution in [0.4, 0.5) is 0 Å². The Kier molecular flexibility index (Phi) is 3.77. The van der Waals surface area contributed by atoms with E-state index >= 15 is 0 Å². The van der Waals surface area contributed by atoms with Crippen LogP contribution in [0.1, 0.15) is 44.9 Å². The lowest BCUT2D eigenvalue weighted by Crippen LogP contribution is -2.62. The third-order valence-electron chi connectivity index (χ3n) is 5.53. The number of nitrogens with zero attached hydrogens (tertiary/aromatic N) is 1. The van der Waals surface area contributed by atoms with Gasteiger partial charge in [0.05, 0.1) is 11.1 Å². The standard InChI is InChI=1S/C15H26N2O3/c16-14(6-9-20-10-7-14)13(18)17-8-5-15(19)4-2-1-3-12(15)11-17/h12,19H,1-11,16H2. The molecule has 3 rings (SSSR count). The minimum absolute atomic E-state index is 0.0634. The molecule has 2 unspecified atom stereocenters. The maximum atomic E-state index is 12.7. The van der Waals surface area contributed by atoms with E-state index in [2.05, 4.69) is 0 Å². The zero-order valence-electron chi connectivity index (χ0n) is 12.1. The molecular weight excluding hydrogens is 256 g/mol. The summed E-state index contributed by atoms with van der Waals surface area (Å²) >= 11 is 0. The highest BCUT2D eigenvalue weighted by Crippen LogP contribution is 2.40. The summed E-state index contributed by atoms with van der Waals surface area (Å²) in [7, 11) is 0. The molecule has 0 spiro atoms. The molecular formula is C15H26N2O3. The molecule has 0 radical (unpaired) electrons. The maximum absolute atomic E-state index is 12.7. The highest BCUT2D eigenvalue weighted by molar-refractivity contribution is 5.86. The van der Waals surface area contributed by atoms with Gasteiger partial charge in [0.15, 0.2) is 0 Å². The molecule has 0 aromatic carbocycles. The van der Waals surface area contributed by atoms with Crippen molar-refractivity contribution in [3.8, 4) is 0 Å². The fraction of sp³-hybridized carbons (Fsp3) is 0.933. The number of fused-ring (bicyclic) bond motifs is 1. The van der Waals surface area contributed by atoms with E-state index in [1.54, 1.807) is 0 Å². The van der Waals surface area contributed by atoms with Crippen molar-refractivity contribution in [3.05, 3.63) is 0 Å². The number of aliphatic hydroxyl groups is 1. The van der Waals surface area contributed by atoms with Gasteiger partial charge in [-0.2, -0.15) is 0 Å². The second-order valence-electron chi connectivity index (χ2n) is 6.82. The number of carbonyl (C=O) groups is 1. The first kappa shape index (κ1) is 14.3. The minimum atomic E-state index is -0.748. The van der Waals surface area contributed by atoms with E-state index in [1.807, 2.05) is 4.90 Å². The molecule has 1 aliphatic carbocycles. The van der Waals surface area contributed by atoms with Crippen LogP contribution < -0.4 is 5.73 Å². The summed E-state index contributed by atoms with van der Waals surface area (Å²) in [5.41, 5.74) is 5.02. The van der Waals surface area contributed by atoms with Crippen LogP contribution in [0.15, 0.2) is 0 Å². The Bertz CT molecular complexity index is 381. The topological polar surface area (TPSA) is 75.8 Å². The van der Waals surface area contributed by atoms with Gasteiger partial charge in [0.25, 0.3) is 0 Å². The van der Waals surface area contributed by atoms with Gasteiger partial charge in [-0.05, 0) is 32.1 Å². The minimum Gasteiger partial charge on any atom is -0.389 e. The van der Waals surface area contributed by atoms with Crippen molar-refractivity contribution >= 4 is 5.91 Å². The third-order valence-corrected chi connectivity index (χ3v) is 5.53. The molecule has 0 bridgehead atoms. The molecule has 5 nitrogen and oxygen atoms in total. The van der Waals surface area contributed by atoms with Gasteiger partial charge in [0.2, 0.25) is 5.91 Å². The van der Waals surface area contributed by atoms with Crippen molar-refractivity contribution in [1.29, 1.82) is 0 Å². The molecule has 5 heteroatoms. The van der Waals surface area contributed by atoms with Gasteiger partial charge < -0.3 is 20.5 Å². The second-order valence-corrected chi connectivity index (χ2v) is 6.82. The van der Waals surface area contributed by atoms with Gasteiger partial charge in [0, 0.05) is 32.2 Å². The Balaban J connectivity index is 1.68. The Hall–Kier alpha value is -0.650. The van der Waals surface area contributed by atoms with E-state index in [9.17, 15) is 9.90 Å². The lowest BCUT2D eigenvalue weighted by Gasteiger charge is -2.49. The lowest BCUT2D eigenvalue weighted by molar-refractivity contribution is -0.151. The van der Waals surface area contributed by atoms with Gasteiger partial charge in [-0.25, -0.2) is 0 Å². The number of nitrogens with two attached hydrogens (primary N) is 1. The number of ether oxygens (including phenoxy) is 1. The normalized spacial score (nSPS) is 37.3. The molecule has 0 aromatic heterocycles. The van der Waals surface area contributed by atoms with Crippen LogP contribution in [0.5, 0.6) is 0 Å². The summed E-state index contributed by atoms with van der Waals surface area (Å²) in [6.07, 6.45) is 6.11. The molecule has 3 aliphatic rings. The molecule has 114 valence electrons. The summed E-state index contributed by atoms with van der Waals surface area (Å²) in [5, 5.41) is 10.7. The van der Waals surface area contributed by atoms with Crippen molar-refractivity contribution in [1.82, 2.24) is 4.90 Å². The van der Waals surface area contributed by atoms with Gasteiger partial charge in [-0.1, -0.05) is 12.8 Å². The fourth-order valence-electron chi connectivity index (χ4n) is 4.02. The summed E-state index contributed by atoms with van der Waals surface area (Å²) in [6.45, 7) is 2.47. The first-order chi connectivity index (χ1) is 9.54. The van der Waals surface area contributed by atoms with Crippen LogP contribution in [0.25, 0.3) is 0 Å². The highest BCUT2D eigenvalue weighted by Gasteiger charge is 2.47. The molecule has 1 saturated carbocycles. The van der Waals surface area contributed by atoms with Crippen molar-refractivity contribution in [2.45, 2.75) is 56.1 Å². The van der Waals surface area contributed by atoms with E-state index in [0.717, 1.165) is 25.7 Å². The largest absolute Gasteiger partial charge is 0.389 e. The number of hydrogen-bond donors (Lipinski definition) is 2. The molecule has 2 saturated heterocycles. The van der Waals surface area contributed by atoms with Crippen LogP contribution in [0.3, 0.4) is 0 Å². The Morgan fingerprint density at radius 3 is 2.70 bits per heavy atom. The van der Waals surface area contributed by atoms with Crippen LogP contribution in [-0.4, -0.2) is 53.4 Å². The van der Waals surface area contributed by atoms with Crippen molar-refractivity contribution < 1.29 is 14.6 Å². The van der Waals surface area contributed by atoms with Crippen LogP contribution in [0.2, 0.25) is 0 Å². The first-order valence-corrected chi connectivity index (χ1v) is 7.92. The molecule has 2 atom stereocenters. The summed E-state index contributed by atoms with van der Waals surface area (Å²) in [6, 6.07) is 0. The van der Waals surface area contributed by atoms with Crippen molar-refractivity contribution in [2.75, 3.05) is 26.3 Å². The van der Waals surface area contributed by atoms with Crippen molar-refractivity contribution in [3.63, 3.8) is 0 Å². The zero-order chi connectivity index (χ0) is 14.2. The van der Waals surface area contributed by atoms with Gasteiger partial charge in [-0.15, -0.1) is 0 Å². The quantitative estimate of drug-likeness (QED) is 0.740. The summed E-state index contributed by atoms with van der Waals surface area (Å²) in [4.78, 5) is 14.6. The monoisotopic (exact) mass is 282 g/mol. The Labute approximate surface area is 120 Å². The van der Waals surface area contributed by atoms with E-state index < -0.39 is 11.1 Å². The fourth-order valence-corrected chi connectivity index (χ4v) is 4.02. The highest BCUT2D eigenvalue weighted by atomic mass is 16.5. The van der Waals surface area contributed by atoms with Gasteiger partial charge >= 0.3 is 0 Å². The number of likely N-dealkylation sites (tertiary alicyclic amines) is 1. The first-order valence-electron chi connectivity index (χ1n) is 7.92. The van der Waals surface area contributed by atoms with E-state index in [-0.39, 0.29) is 11.8 Å². The van der Waals surface area contributed by atoms with Crippen LogP contribution in [0, 0.1) is 5.92 Å². The number of amides is 1. The zero-order valence-corrected chi connectivity index (χ0v) is 12.1. The number of hydrogen-bond acceptors (Lipinski definition) is 4. The van der Waals surface area contributed by atoms with Crippen molar-refractivity contribution in [2.24, 2.45) is 11.7 Å². The van der Waals surface area contributed by atoms with E-state index in [0.29, 0.717) is 45.6 Å². The SMILES string of the molecule is NC1(C(=O)N2CCC3(O)CCCCC3C2)CCOCC1. The predicted molar refractivity (Wildman–Crippen MR) is 75.1 cm³/mol. The number of rotatable bonds is 1. The van der Waals surface area contributed by atoms with Crippen LogP contribution >= 0.6 is 0 Å². The average molecular weight is 282 g/mol. The van der Waals surface area contributed by atoms with Gasteiger partial charge in [0.1, 0.15) is 0 Å². The molecule has 1 amide bonds. The maximum Gasteiger partial charge on any atom is 0.242 e. The molecule has 20 heavy (non-hydrogen) atoms. The molecule has 2 aliphatic heterocycles. The van der Waals surface area contributed by atoms with E-state index in [4.69, 9.17) is 10.5 Å². The Morgan fingerprint density at radius 2 is 1.95 bits per heavy atom. The predicted octanol–water partition coefficient (Wildman–Crippen LogP) is 0.648. The molecule has 3 fully saturated rings. The summed E-state index contributed by atoms with van der Waals surface area (Å²) in [5.74, 6) is 0.297. The Morgan fingerprint density at radius 1 is 1.20 bits per heavy atom. The average Bonchev–Trinajstić information content (AvgIpc) is 2.46. The smallest absolute Gasteiger partial charge is 0.242 e. The molecule has 3 N–H and O–H groups in total. The lowest BCUT2D eigenvalue weighted by atomic mass is 9.71. The third kappa shape index (κ3) is 2.47. The van der Waals surface area contributed by atoms with Gasteiger partial charge in [-0.3, -0.25) is 4.79 Å². The number of piperidine rings is 1. The van der Waals surface area contributed by atoms with E-state index in [1.165, 1.54) is 0 Å². The molecule has 0 aromatic rings. The second kappa shape index (κ2) is 5.28. The number of carbonyl (C=O) groups excluding carboxylic acids is 1. The summed E-state index contributed by atoms with van der Waals surface area (Å²) < 4.78 is 5.31. The van der Waals surface area contributed by atoms with Crippen LogP contribution in [-0.2, 0) is 9.53 Å².